The molecule has 0 amide bonds. The summed E-state index contributed by atoms with van der Waals surface area (Å²) in [4.78, 5) is 23.0. The number of aryl methyl sites for hydroxylation is 1. The number of aromatic nitrogens is 5. The summed E-state index contributed by atoms with van der Waals surface area (Å²) in [5, 5.41) is 10.2. The molecule has 4 heterocycles. The Morgan fingerprint density at radius 1 is 1.26 bits per heavy atom. The SMILES string of the molecule is CC1CCc2c(sc3nc(C(C)Sc4nnc(C5COc6ccccc6O5)n4C)[nH]c(=O)c23)C1. The summed E-state index contributed by atoms with van der Waals surface area (Å²) in [5.74, 6) is 3.45. The van der Waals surface area contributed by atoms with Gasteiger partial charge in [0.2, 0.25) is 0 Å². The third-order valence-electron chi connectivity index (χ3n) is 6.52. The fourth-order valence-corrected chi connectivity index (χ4v) is 6.90. The highest BCUT2D eigenvalue weighted by Gasteiger charge is 2.29. The Hall–Kier alpha value is -2.85. The van der Waals surface area contributed by atoms with Crippen molar-refractivity contribution in [1.82, 2.24) is 24.7 Å². The number of aromatic amines is 1. The minimum absolute atomic E-state index is 0.0374. The van der Waals surface area contributed by atoms with Gasteiger partial charge in [-0.25, -0.2) is 4.98 Å². The van der Waals surface area contributed by atoms with Crippen molar-refractivity contribution in [2.24, 2.45) is 13.0 Å². The molecule has 3 aromatic heterocycles. The molecule has 0 saturated heterocycles. The second-order valence-corrected chi connectivity index (χ2v) is 11.4. The first kappa shape index (κ1) is 21.7. The minimum Gasteiger partial charge on any atom is -0.485 e. The number of hydrogen-bond donors (Lipinski definition) is 1. The Balaban J connectivity index is 1.24. The molecule has 0 radical (unpaired) electrons. The summed E-state index contributed by atoms with van der Waals surface area (Å²) >= 11 is 3.18. The van der Waals surface area contributed by atoms with E-state index >= 15 is 0 Å². The van der Waals surface area contributed by atoms with Gasteiger partial charge >= 0.3 is 0 Å². The summed E-state index contributed by atoms with van der Waals surface area (Å²) in [7, 11) is 1.92. The number of fused-ring (bicyclic) bond motifs is 4. The summed E-state index contributed by atoms with van der Waals surface area (Å²) in [6.45, 7) is 4.67. The van der Waals surface area contributed by atoms with E-state index in [0.717, 1.165) is 40.4 Å². The van der Waals surface area contributed by atoms with Crippen LogP contribution in [0.15, 0.2) is 34.2 Å². The van der Waals surface area contributed by atoms with Gasteiger partial charge in [0.15, 0.2) is 28.6 Å². The summed E-state index contributed by atoms with van der Waals surface area (Å²) in [5.41, 5.74) is 1.16. The van der Waals surface area contributed by atoms with Crippen molar-refractivity contribution in [3.05, 3.63) is 56.7 Å². The average Bonchev–Trinajstić information content (AvgIpc) is 3.38. The summed E-state index contributed by atoms with van der Waals surface area (Å²) in [6, 6.07) is 7.61. The van der Waals surface area contributed by atoms with E-state index in [2.05, 4.69) is 22.1 Å². The van der Waals surface area contributed by atoms with Crippen LogP contribution in [-0.4, -0.2) is 31.3 Å². The van der Waals surface area contributed by atoms with Gasteiger partial charge in [-0.3, -0.25) is 4.79 Å². The van der Waals surface area contributed by atoms with Gasteiger partial charge in [-0.05, 0) is 49.8 Å². The molecule has 1 aliphatic heterocycles. The van der Waals surface area contributed by atoms with Gasteiger partial charge in [-0.1, -0.05) is 30.8 Å². The van der Waals surface area contributed by atoms with Crippen LogP contribution in [0.4, 0.5) is 0 Å². The average molecular weight is 496 g/mol. The fourth-order valence-electron chi connectivity index (χ4n) is 4.63. The predicted molar refractivity (Wildman–Crippen MR) is 132 cm³/mol. The Labute approximate surface area is 204 Å². The first-order valence-electron chi connectivity index (χ1n) is 11.5. The van der Waals surface area contributed by atoms with Crippen LogP contribution in [0.1, 0.15) is 53.7 Å². The van der Waals surface area contributed by atoms with Crippen molar-refractivity contribution >= 4 is 33.3 Å². The van der Waals surface area contributed by atoms with E-state index in [-0.39, 0.29) is 16.9 Å². The third kappa shape index (κ3) is 3.69. The van der Waals surface area contributed by atoms with Crippen LogP contribution in [0.3, 0.4) is 0 Å². The molecule has 0 spiro atoms. The lowest BCUT2D eigenvalue weighted by atomic mass is 9.89. The number of thiophene rings is 1. The van der Waals surface area contributed by atoms with Gasteiger partial charge < -0.3 is 19.0 Å². The number of benzene rings is 1. The van der Waals surface area contributed by atoms with E-state index in [1.807, 2.05) is 42.8 Å². The zero-order valence-corrected chi connectivity index (χ0v) is 20.8. The maximum absolute atomic E-state index is 13.0. The van der Waals surface area contributed by atoms with Crippen LogP contribution in [0.5, 0.6) is 11.5 Å². The molecule has 0 saturated carbocycles. The molecule has 2 aliphatic rings. The van der Waals surface area contributed by atoms with Gasteiger partial charge in [0.1, 0.15) is 17.3 Å². The maximum Gasteiger partial charge on any atom is 0.259 e. The van der Waals surface area contributed by atoms with Crippen molar-refractivity contribution < 1.29 is 9.47 Å². The normalized spacial score (nSPS) is 20.3. The standard InChI is InChI=1S/C24H25N5O3S2/c1-12-8-9-14-18(10-12)34-23-19(14)22(30)25-20(26-23)13(2)33-24-28-27-21(29(24)3)17-11-31-15-6-4-5-7-16(15)32-17/h4-7,12-13,17H,8-11H2,1-3H3,(H,25,26,30). The number of nitrogens with zero attached hydrogens (tertiary/aromatic N) is 4. The van der Waals surface area contributed by atoms with Gasteiger partial charge in [-0.2, -0.15) is 0 Å². The van der Waals surface area contributed by atoms with Crippen LogP contribution < -0.4 is 15.0 Å². The summed E-state index contributed by atoms with van der Waals surface area (Å²) in [6.07, 6.45) is 2.78. The van der Waals surface area contributed by atoms with E-state index in [4.69, 9.17) is 14.5 Å². The van der Waals surface area contributed by atoms with E-state index < -0.39 is 0 Å². The van der Waals surface area contributed by atoms with Gasteiger partial charge in [-0.15, -0.1) is 21.5 Å². The molecule has 0 fully saturated rings. The molecular weight excluding hydrogens is 470 g/mol. The van der Waals surface area contributed by atoms with Crippen molar-refractivity contribution in [3.63, 3.8) is 0 Å². The maximum atomic E-state index is 13.0. The van der Waals surface area contributed by atoms with E-state index in [1.165, 1.54) is 22.2 Å². The number of H-pyrrole nitrogens is 1. The molecule has 10 heteroatoms. The molecule has 0 bridgehead atoms. The molecule has 4 aromatic rings. The highest BCUT2D eigenvalue weighted by Crippen LogP contribution is 2.39. The predicted octanol–water partition coefficient (Wildman–Crippen LogP) is 4.60. The van der Waals surface area contributed by atoms with Crippen molar-refractivity contribution in [2.75, 3.05) is 6.61 Å². The fraction of sp³-hybridized carbons (Fsp3) is 0.417. The van der Waals surface area contributed by atoms with Crippen LogP contribution >= 0.6 is 23.1 Å². The van der Waals surface area contributed by atoms with E-state index in [9.17, 15) is 4.79 Å². The zero-order valence-electron chi connectivity index (χ0n) is 19.2. The molecule has 1 aliphatic carbocycles. The number of para-hydroxylation sites is 2. The number of thioether (sulfide) groups is 1. The van der Waals surface area contributed by atoms with E-state index in [0.29, 0.717) is 29.9 Å². The summed E-state index contributed by atoms with van der Waals surface area (Å²) < 4.78 is 13.9. The van der Waals surface area contributed by atoms with Gasteiger partial charge in [0.05, 0.1) is 10.6 Å². The number of nitrogens with one attached hydrogen (secondary N) is 1. The van der Waals surface area contributed by atoms with Gasteiger partial charge in [0, 0.05) is 11.9 Å². The highest BCUT2D eigenvalue weighted by atomic mass is 32.2. The van der Waals surface area contributed by atoms with Crippen molar-refractivity contribution in [2.45, 2.75) is 49.6 Å². The first-order chi connectivity index (χ1) is 16.5. The molecular formula is C24H25N5O3S2. The molecule has 8 nitrogen and oxygen atoms in total. The van der Waals surface area contributed by atoms with Crippen LogP contribution in [0.25, 0.3) is 10.2 Å². The lowest BCUT2D eigenvalue weighted by molar-refractivity contribution is 0.0825. The second-order valence-electron chi connectivity index (χ2n) is 9.01. The molecule has 1 aromatic carbocycles. The lowest BCUT2D eigenvalue weighted by Crippen LogP contribution is -2.24. The molecule has 3 unspecified atom stereocenters. The molecule has 3 atom stereocenters. The number of rotatable bonds is 4. The van der Waals surface area contributed by atoms with Crippen molar-refractivity contribution in [3.8, 4) is 11.5 Å². The van der Waals surface area contributed by atoms with Gasteiger partial charge in [0.25, 0.3) is 5.56 Å². The smallest absolute Gasteiger partial charge is 0.259 e. The molecule has 6 rings (SSSR count). The monoisotopic (exact) mass is 495 g/mol. The second kappa shape index (κ2) is 8.42. The quantitative estimate of drug-likeness (QED) is 0.413. The van der Waals surface area contributed by atoms with Crippen LogP contribution in [0, 0.1) is 5.92 Å². The third-order valence-corrected chi connectivity index (χ3v) is 8.81. The molecule has 1 N–H and O–H groups in total. The lowest BCUT2D eigenvalue weighted by Gasteiger charge is -2.25. The highest BCUT2D eigenvalue weighted by molar-refractivity contribution is 7.99. The van der Waals surface area contributed by atoms with Crippen molar-refractivity contribution in [1.29, 1.82) is 0 Å². The Morgan fingerprint density at radius 3 is 2.94 bits per heavy atom. The van der Waals surface area contributed by atoms with Crippen LogP contribution in [0.2, 0.25) is 0 Å². The topological polar surface area (TPSA) is 94.9 Å². The first-order valence-corrected chi connectivity index (χ1v) is 13.2. The Bertz CT molecular complexity index is 1440. The largest absolute Gasteiger partial charge is 0.485 e. The Morgan fingerprint density at radius 2 is 2.09 bits per heavy atom. The zero-order chi connectivity index (χ0) is 23.4. The Kier molecular flexibility index (Phi) is 5.37. The number of ether oxygens (including phenoxy) is 2. The molecule has 176 valence electrons. The van der Waals surface area contributed by atoms with Crippen LogP contribution in [-0.2, 0) is 19.9 Å². The van der Waals surface area contributed by atoms with E-state index in [1.54, 1.807) is 11.3 Å². The minimum atomic E-state index is -0.342. The molecule has 34 heavy (non-hydrogen) atoms. The number of hydrogen-bond acceptors (Lipinski definition) is 8.